The molecule has 1 amide bonds. The lowest BCUT2D eigenvalue weighted by atomic mass is 10.1. The summed E-state index contributed by atoms with van der Waals surface area (Å²) in [6.07, 6.45) is 0.00696. The van der Waals surface area contributed by atoms with Crippen LogP contribution in [0.4, 0.5) is 0 Å². The molecule has 3 rings (SSSR count). The summed E-state index contributed by atoms with van der Waals surface area (Å²) >= 11 is 5.77. The largest absolute Gasteiger partial charge is 0.481 e. The van der Waals surface area contributed by atoms with Gasteiger partial charge in [-0.3, -0.25) is 9.59 Å². The summed E-state index contributed by atoms with van der Waals surface area (Å²) in [6.45, 7) is 2.17. The van der Waals surface area contributed by atoms with Crippen LogP contribution < -0.4 is 10.5 Å². The van der Waals surface area contributed by atoms with Gasteiger partial charge >= 0.3 is 5.97 Å². The highest BCUT2D eigenvalue weighted by molar-refractivity contribution is 6.30. The van der Waals surface area contributed by atoms with Crippen LogP contribution >= 0.6 is 11.6 Å². The first-order valence-electron chi connectivity index (χ1n) is 9.57. The first kappa shape index (κ1) is 23.9. The van der Waals surface area contributed by atoms with E-state index >= 15 is 0 Å². The van der Waals surface area contributed by atoms with E-state index in [2.05, 4.69) is 0 Å². The molecule has 1 unspecified atom stereocenters. The molecular weight excluding hydrogens is 418 g/mol. The van der Waals surface area contributed by atoms with Crippen LogP contribution in [0, 0.1) is 0 Å². The third-order valence-corrected chi connectivity index (χ3v) is 4.40. The summed E-state index contributed by atoms with van der Waals surface area (Å²) in [5.74, 6) is -0.315. The molecule has 0 heterocycles. The van der Waals surface area contributed by atoms with Gasteiger partial charge in [-0.25, -0.2) is 0 Å². The lowest BCUT2D eigenvalue weighted by Crippen LogP contribution is -2.11. The Morgan fingerprint density at radius 1 is 0.968 bits per heavy atom. The van der Waals surface area contributed by atoms with E-state index in [1.165, 1.54) is 0 Å². The van der Waals surface area contributed by atoms with Crippen molar-refractivity contribution in [3.63, 3.8) is 0 Å². The Hall–Kier alpha value is -3.35. The summed E-state index contributed by atoms with van der Waals surface area (Å²) in [7, 11) is 0. The zero-order valence-corrected chi connectivity index (χ0v) is 17.8. The number of hydrogen-bond donors (Lipinski definition) is 2. The Labute approximate surface area is 186 Å². The van der Waals surface area contributed by atoms with Gasteiger partial charge in [-0.1, -0.05) is 54.1 Å². The molecule has 1 atom stereocenters. The molecule has 162 valence electrons. The summed E-state index contributed by atoms with van der Waals surface area (Å²) in [5.41, 5.74) is 6.67. The standard InChI is InChI=1S/C13H10ClNO2.C11H14O3/c14-9-5-7-10(8-6-9)17-12-4-2-1-3-11(12)13(15)16;1-9(14-8-7-11(12)13)10-5-3-2-4-6-10/h1-8H,(H2,15,16);2-6,9H,7-8H2,1H3,(H,12,13). The maximum atomic E-state index is 11.2. The third-order valence-electron chi connectivity index (χ3n) is 4.15. The average Bonchev–Trinajstić information content (AvgIpc) is 2.76. The van der Waals surface area contributed by atoms with Crippen molar-refractivity contribution < 1.29 is 24.2 Å². The van der Waals surface area contributed by atoms with Crippen molar-refractivity contribution >= 4 is 23.5 Å². The van der Waals surface area contributed by atoms with Crippen molar-refractivity contribution in [2.24, 2.45) is 5.73 Å². The van der Waals surface area contributed by atoms with E-state index in [4.69, 9.17) is 31.9 Å². The Kier molecular flexibility index (Phi) is 9.55. The molecule has 0 saturated heterocycles. The molecule has 0 radical (unpaired) electrons. The normalized spacial score (nSPS) is 11.0. The molecule has 0 aliphatic rings. The van der Waals surface area contributed by atoms with Crippen LogP contribution in [0.15, 0.2) is 78.9 Å². The van der Waals surface area contributed by atoms with Gasteiger partial charge in [0, 0.05) is 5.02 Å². The lowest BCUT2D eigenvalue weighted by molar-refractivity contribution is -0.138. The minimum atomic E-state index is -0.828. The number of carbonyl (C=O) groups excluding carboxylic acids is 1. The first-order chi connectivity index (χ1) is 14.9. The third kappa shape index (κ3) is 8.50. The highest BCUT2D eigenvalue weighted by Crippen LogP contribution is 2.26. The van der Waals surface area contributed by atoms with Crippen molar-refractivity contribution in [3.8, 4) is 11.5 Å². The molecular formula is C24H24ClNO5. The molecule has 6 nitrogen and oxygen atoms in total. The van der Waals surface area contributed by atoms with Gasteiger partial charge in [0.05, 0.1) is 24.7 Å². The summed E-state index contributed by atoms with van der Waals surface area (Å²) < 4.78 is 10.9. The van der Waals surface area contributed by atoms with Crippen molar-refractivity contribution in [1.29, 1.82) is 0 Å². The van der Waals surface area contributed by atoms with E-state index in [-0.39, 0.29) is 19.1 Å². The second-order valence-electron chi connectivity index (χ2n) is 6.48. The number of carboxylic acids is 1. The Bertz CT molecular complexity index is 977. The number of halogens is 1. The fraction of sp³-hybridized carbons (Fsp3) is 0.167. The quantitative estimate of drug-likeness (QED) is 0.482. The molecule has 3 aromatic carbocycles. The second kappa shape index (κ2) is 12.4. The molecule has 7 heteroatoms. The molecule has 0 aromatic heterocycles. The predicted molar refractivity (Wildman–Crippen MR) is 120 cm³/mol. The highest BCUT2D eigenvalue weighted by atomic mass is 35.5. The molecule has 0 aliphatic carbocycles. The van der Waals surface area contributed by atoms with Gasteiger partial charge in [0.25, 0.3) is 5.91 Å². The Morgan fingerprint density at radius 2 is 1.58 bits per heavy atom. The minimum Gasteiger partial charge on any atom is -0.481 e. The van der Waals surface area contributed by atoms with Crippen LogP contribution in [0.25, 0.3) is 0 Å². The molecule has 0 spiro atoms. The van der Waals surface area contributed by atoms with Gasteiger partial charge in [-0.2, -0.15) is 0 Å². The number of rotatable bonds is 8. The van der Waals surface area contributed by atoms with Crippen molar-refractivity contribution in [2.75, 3.05) is 6.61 Å². The monoisotopic (exact) mass is 441 g/mol. The van der Waals surface area contributed by atoms with Gasteiger partial charge < -0.3 is 20.3 Å². The van der Waals surface area contributed by atoms with Crippen molar-refractivity contribution in [1.82, 2.24) is 0 Å². The first-order valence-corrected chi connectivity index (χ1v) is 9.95. The maximum absolute atomic E-state index is 11.2. The van der Waals surface area contributed by atoms with E-state index < -0.39 is 11.9 Å². The van der Waals surface area contributed by atoms with Crippen molar-refractivity contribution in [2.45, 2.75) is 19.4 Å². The average molecular weight is 442 g/mol. The summed E-state index contributed by atoms with van der Waals surface area (Å²) in [4.78, 5) is 21.4. The number of para-hydroxylation sites is 1. The molecule has 3 aromatic rings. The SMILES string of the molecule is CC(OCCC(=O)O)c1ccccc1.NC(=O)c1ccccc1Oc1ccc(Cl)cc1. The fourth-order valence-electron chi connectivity index (χ4n) is 2.53. The van der Waals surface area contributed by atoms with Crippen LogP contribution in [0.5, 0.6) is 11.5 Å². The molecule has 0 saturated carbocycles. The van der Waals surface area contributed by atoms with Gasteiger partial charge in [-0.15, -0.1) is 0 Å². The highest BCUT2D eigenvalue weighted by Gasteiger charge is 2.09. The van der Waals surface area contributed by atoms with E-state index in [9.17, 15) is 9.59 Å². The minimum absolute atomic E-state index is 0.0458. The summed E-state index contributed by atoms with van der Waals surface area (Å²) in [6, 6.07) is 23.4. The van der Waals surface area contributed by atoms with E-state index in [1.807, 2.05) is 37.3 Å². The molecule has 0 bridgehead atoms. The molecule has 3 N–H and O–H groups in total. The van der Waals surface area contributed by atoms with E-state index in [0.717, 1.165) is 5.56 Å². The van der Waals surface area contributed by atoms with Crippen molar-refractivity contribution in [3.05, 3.63) is 95.0 Å². The number of ether oxygens (including phenoxy) is 2. The number of nitrogens with two attached hydrogens (primary N) is 1. The van der Waals surface area contributed by atoms with E-state index in [1.54, 1.807) is 48.5 Å². The van der Waals surface area contributed by atoms with Gasteiger partial charge in [0.15, 0.2) is 0 Å². The van der Waals surface area contributed by atoms with Crippen LogP contribution in [-0.4, -0.2) is 23.6 Å². The Morgan fingerprint density at radius 3 is 2.19 bits per heavy atom. The molecule has 0 fully saturated rings. The van der Waals surface area contributed by atoms with Crippen LogP contribution in [0.3, 0.4) is 0 Å². The van der Waals surface area contributed by atoms with Crippen LogP contribution in [-0.2, 0) is 9.53 Å². The predicted octanol–water partition coefficient (Wildman–Crippen LogP) is 5.47. The smallest absolute Gasteiger partial charge is 0.305 e. The van der Waals surface area contributed by atoms with Crippen LogP contribution in [0.2, 0.25) is 5.02 Å². The zero-order chi connectivity index (χ0) is 22.6. The molecule has 31 heavy (non-hydrogen) atoms. The van der Waals surface area contributed by atoms with Gasteiger partial charge in [0.1, 0.15) is 11.5 Å². The number of amides is 1. The Balaban J connectivity index is 0.000000225. The number of benzene rings is 3. The number of carboxylic acid groups (broad SMARTS) is 1. The second-order valence-corrected chi connectivity index (χ2v) is 6.92. The maximum Gasteiger partial charge on any atom is 0.305 e. The molecule has 0 aliphatic heterocycles. The van der Waals surface area contributed by atoms with Gasteiger partial charge in [0.2, 0.25) is 0 Å². The fourth-order valence-corrected chi connectivity index (χ4v) is 2.66. The number of carbonyl (C=O) groups is 2. The summed E-state index contributed by atoms with van der Waals surface area (Å²) in [5, 5.41) is 9.04. The van der Waals surface area contributed by atoms with Crippen LogP contribution in [0.1, 0.15) is 35.4 Å². The number of hydrogen-bond acceptors (Lipinski definition) is 4. The van der Waals surface area contributed by atoms with Gasteiger partial charge in [-0.05, 0) is 48.9 Å². The van der Waals surface area contributed by atoms with E-state index in [0.29, 0.717) is 22.1 Å². The zero-order valence-electron chi connectivity index (χ0n) is 17.0. The topological polar surface area (TPSA) is 98.9 Å². The number of aliphatic carboxylic acids is 1. The lowest BCUT2D eigenvalue weighted by Gasteiger charge is -2.12. The number of primary amides is 1.